The van der Waals surface area contributed by atoms with Gasteiger partial charge in [-0.05, 0) is 73.7 Å². The van der Waals surface area contributed by atoms with Crippen LogP contribution in [0, 0.1) is 12.7 Å². The molecule has 0 atom stereocenters. The SMILES string of the molecule is Cc1ccsc1CN(Cc1ccc(F)cc1)C(=O)CN(C(=O)c1cccc(Cl)c1)C(C)C. The van der Waals surface area contributed by atoms with Gasteiger partial charge in [0.15, 0.2) is 0 Å². The number of hydrogen-bond donors (Lipinski definition) is 0. The molecule has 0 bridgehead atoms. The molecule has 0 saturated heterocycles. The van der Waals surface area contributed by atoms with E-state index in [0.29, 0.717) is 23.7 Å². The van der Waals surface area contributed by atoms with E-state index in [1.165, 1.54) is 12.1 Å². The third-order valence-corrected chi connectivity index (χ3v) is 6.45. The van der Waals surface area contributed by atoms with E-state index in [-0.39, 0.29) is 30.2 Å². The third-order valence-electron chi connectivity index (χ3n) is 5.20. The summed E-state index contributed by atoms with van der Waals surface area (Å²) in [6.45, 7) is 6.46. The maximum atomic E-state index is 13.4. The smallest absolute Gasteiger partial charge is 0.254 e. The summed E-state index contributed by atoms with van der Waals surface area (Å²) in [5.74, 6) is -0.741. The number of halogens is 2. The van der Waals surface area contributed by atoms with Crippen LogP contribution < -0.4 is 0 Å². The van der Waals surface area contributed by atoms with E-state index in [1.807, 2.05) is 32.2 Å². The van der Waals surface area contributed by atoms with Crippen molar-refractivity contribution < 1.29 is 14.0 Å². The molecule has 0 fully saturated rings. The first-order chi connectivity index (χ1) is 15.2. The van der Waals surface area contributed by atoms with Gasteiger partial charge in [-0.1, -0.05) is 29.8 Å². The fourth-order valence-electron chi connectivity index (χ4n) is 3.30. The Balaban J connectivity index is 1.83. The number of hydrogen-bond acceptors (Lipinski definition) is 3. The number of carbonyl (C=O) groups excluding carboxylic acids is 2. The Hall–Kier alpha value is -2.70. The molecule has 2 aromatic carbocycles. The Kier molecular flexibility index (Phi) is 8.04. The van der Waals surface area contributed by atoms with Gasteiger partial charge >= 0.3 is 0 Å². The number of benzene rings is 2. The van der Waals surface area contributed by atoms with Crippen LogP contribution in [0.1, 0.15) is 40.2 Å². The fraction of sp³-hybridized carbons (Fsp3) is 0.280. The Morgan fingerprint density at radius 3 is 2.38 bits per heavy atom. The molecule has 0 unspecified atom stereocenters. The molecule has 1 aromatic heterocycles. The minimum Gasteiger partial charge on any atom is -0.332 e. The van der Waals surface area contributed by atoms with Crippen molar-refractivity contribution in [1.82, 2.24) is 9.80 Å². The van der Waals surface area contributed by atoms with Gasteiger partial charge in [0.2, 0.25) is 5.91 Å². The summed E-state index contributed by atoms with van der Waals surface area (Å²) in [4.78, 5) is 30.9. The molecule has 32 heavy (non-hydrogen) atoms. The van der Waals surface area contributed by atoms with Crippen LogP contribution in [0.2, 0.25) is 5.02 Å². The molecule has 0 aliphatic rings. The van der Waals surface area contributed by atoms with Crippen LogP contribution in [0.25, 0.3) is 0 Å². The van der Waals surface area contributed by atoms with Crippen molar-refractivity contribution in [3.63, 3.8) is 0 Å². The largest absolute Gasteiger partial charge is 0.332 e. The monoisotopic (exact) mass is 472 g/mol. The Bertz CT molecular complexity index is 1080. The number of thiophene rings is 1. The molecular formula is C25H26ClFN2O2S. The van der Waals surface area contributed by atoms with Crippen molar-refractivity contribution in [3.8, 4) is 0 Å². The van der Waals surface area contributed by atoms with Gasteiger partial charge in [0.05, 0.1) is 6.54 Å². The average molecular weight is 473 g/mol. The highest BCUT2D eigenvalue weighted by atomic mass is 35.5. The summed E-state index contributed by atoms with van der Waals surface area (Å²) in [6, 6.07) is 14.7. The number of nitrogens with zero attached hydrogens (tertiary/aromatic N) is 2. The topological polar surface area (TPSA) is 40.6 Å². The zero-order valence-corrected chi connectivity index (χ0v) is 19.9. The predicted octanol–water partition coefficient (Wildman–Crippen LogP) is 5.93. The van der Waals surface area contributed by atoms with Crippen LogP contribution in [-0.4, -0.2) is 34.2 Å². The standard InChI is InChI=1S/C25H26ClFN2O2S/c1-17(2)29(25(31)20-5-4-6-21(26)13-20)16-24(30)28(15-23-18(3)11-12-32-23)14-19-7-9-22(27)10-8-19/h4-13,17H,14-16H2,1-3H3. The quantitative estimate of drug-likeness (QED) is 0.407. The molecule has 3 aromatic rings. The van der Waals surface area contributed by atoms with Gasteiger partial charge in [0.25, 0.3) is 5.91 Å². The predicted molar refractivity (Wildman–Crippen MR) is 127 cm³/mol. The maximum absolute atomic E-state index is 13.4. The Labute approximate surface area is 197 Å². The first-order valence-corrected chi connectivity index (χ1v) is 11.6. The Morgan fingerprint density at radius 2 is 1.78 bits per heavy atom. The van der Waals surface area contributed by atoms with E-state index in [4.69, 9.17) is 11.6 Å². The van der Waals surface area contributed by atoms with E-state index in [0.717, 1.165) is 16.0 Å². The maximum Gasteiger partial charge on any atom is 0.254 e. The number of aryl methyl sites for hydroxylation is 1. The molecule has 0 N–H and O–H groups in total. The Morgan fingerprint density at radius 1 is 1.06 bits per heavy atom. The summed E-state index contributed by atoms with van der Waals surface area (Å²) >= 11 is 7.64. The molecule has 0 saturated carbocycles. The zero-order valence-electron chi connectivity index (χ0n) is 18.3. The van der Waals surface area contributed by atoms with Gasteiger partial charge in [-0.2, -0.15) is 0 Å². The van der Waals surface area contributed by atoms with Crippen LogP contribution in [0.3, 0.4) is 0 Å². The van der Waals surface area contributed by atoms with Gasteiger partial charge < -0.3 is 9.80 Å². The first-order valence-electron chi connectivity index (χ1n) is 10.4. The summed E-state index contributed by atoms with van der Waals surface area (Å²) in [5.41, 5.74) is 2.38. The molecule has 7 heteroatoms. The highest BCUT2D eigenvalue weighted by Crippen LogP contribution is 2.21. The first kappa shape index (κ1) is 24.0. The van der Waals surface area contributed by atoms with Crippen LogP contribution in [0.15, 0.2) is 60.0 Å². The van der Waals surface area contributed by atoms with Gasteiger partial charge in [0.1, 0.15) is 12.4 Å². The molecule has 4 nitrogen and oxygen atoms in total. The summed E-state index contributed by atoms with van der Waals surface area (Å²) in [7, 11) is 0. The second-order valence-electron chi connectivity index (χ2n) is 7.94. The zero-order chi connectivity index (χ0) is 23.3. The van der Waals surface area contributed by atoms with Crippen molar-refractivity contribution in [2.45, 2.75) is 39.9 Å². The van der Waals surface area contributed by atoms with Crippen molar-refractivity contribution in [3.05, 3.63) is 92.4 Å². The van der Waals surface area contributed by atoms with Crippen molar-refractivity contribution in [1.29, 1.82) is 0 Å². The molecule has 0 aliphatic heterocycles. The van der Waals surface area contributed by atoms with Crippen molar-refractivity contribution in [2.24, 2.45) is 0 Å². The number of amides is 2. The number of rotatable bonds is 8. The van der Waals surface area contributed by atoms with Crippen molar-refractivity contribution >= 4 is 34.8 Å². The summed E-state index contributed by atoms with van der Waals surface area (Å²) < 4.78 is 13.3. The van der Waals surface area contributed by atoms with E-state index in [1.54, 1.807) is 57.5 Å². The second kappa shape index (κ2) is 10.7. The van der Waals surface area contributed by atoms with Crippen molar-refractivity contribution in [2.75, 3.05) is 6.54 Å². The fourth-order valence-corrected chi connectivity index (χ4v) is 4.41. The third kappa shape index (κ3) is 6.17. The van der Waals surface area contributed by atoms with Crippen LogP contribution >= 0.6 is 22.9 Å². The lowest BCUT2D eigenvalue weighted by atomic mass is 10.1. The average Bonchev–Trinajstić information content (AvgIpc) is 3.16. The van der Waals surface area contributed by atoms with E-state index in [9.17, 15) is 14.0 Å². The molecule has 1 heterocycles. The molecule has 0 aliphatic carbocycles. The highest BCUT2D eigenvalue weighted by Gasteiger charge is 2.25. The second-order valence-corrected chi connectivity index (χ2v) is 9.38. The van der Waals surface area contributed by atoms with Crippen LogP contribution in [-0.2, 0) is 17.9 Å². The minimum absolute atomic E-state index is 0.0609. The molecular weight excluding hydrogens is 447 g/mol. The number of carbonyl (C=O) groups is 2. The van der Waals surface area contributed by atoms with Crippen LogP contribution in [0.5, 0.6) is 0 Å². The summed E-state index contributed by atoms with van der Waals surface area (Å²) in [6.07, 6.45) is 0. The van der Waals surface area contributed by atoms with Gasteiger partial charge in [-0.25, -0.2) is 4.39 Å². The molecule has 168 valence electrons. The molecule has 2 amide bonds. The minimum atomic E-state index is -0.321. The van der Waals surface area contributed by atoms with E-state index in [2.05, 4.69) is 0 Å². The lowest BCUT2D eigenvalue weighted by Gasteiger charge is -2.30. The van der Waals surface area contributed by atoms with E-state index >= 15 is 0 Å². The molecule has 3 rings (SSSR count). The highest BCUT2D eigenvalue weighted by molar-refractivity contribution is 7.10. The lowest BCUT2D eigenvalue weighted by Crippen LogP contribution is -2.45. The molecule has 0 radical (unpaired) electrons. The summed E-state index contributed by atoms with van der Waals surface area (Å²) in [5, 5.41) is 2.46. The lowest BCUT2D eigenvalue weighted by molar-refractivity contribution is -0.133. The van der Waals surface area contributed by atoms with Gasteiger partial charge in [-0.15, -0.1) is 11.3 Å². The van der Waals surface area contributed by atoms with Crippen LogP contribution in [0.4, 0.5) is 4.39 Å². The van der Waals surface area contributed by atoms with Gasteiger partial charge in [-0.3, -0.25) is 9.59 Å². The van der Waals surface area contributed by atoms with Gasteiger partial charge in [0, 0.05) is 28.0 Å². The normalized spacial score (nSPS) is 10.9. The molecule has 0 spiro atoms. The van der Waals surface area contributed by atoms with E-state index < -0.39 is 0 Å².